The van der Waals surface area contributed by atoms with Crippen LogP contribution in [-0.2, 0) is 10.8 Å². The van der Waals surface area contributed by atoms with Crippen LogP contribution >= 0.6 is 0 Å². The fraction of sp³-hybridized carbons (Fsp3) is 0.111. The van der Waals surface area contributed by atoms with Gasteiger partial charge in [0, 0.05) is 16.5 Å². The van der Waals surface area contributed by atoms with Crippen LogP contribution in [-0.4, -0.2) is 0 Å². The molecule has 0 saturated carbocycles. The van der Waals surface area contributed by atoms with Crippen LogP contribution in [0.2, 0.25) is 0 Å². The third-order valence-electron chi connectivity index (χ3n) is 11.2. The summed E-state index contributed by atoms with van der Waals surface area (Å²) in [5.41, 5.74) is 18.4. The summed E-state index contributed by atoms with van der Waals surface area (Å²) in [5.74, 6) is 0. The Morgan fingerprint density at radius 1 is 0.435 bits per heavy atom. The summed E-state index contributed by atoms with van der Waals surface area (Å²) in [5, 5.41) is 2.54. The number of rotatable bonds is 2. The van der Waals surface area contributed by atoms with Gasteiger partial charge in [0.1, 0.15) is 0 Å². The fourth-order valence-electron chi connectivity index (χ4n) is 9.28. The van der Waals surface area contributed by atoms with Crippen LogP contribution in [0, 0.1) is 0 Å². The highest BCUT2D eigenvalue weighted by atomic mass is 15.2. The van der Waals surface area contributed by atoms with Crippen molar-refractivity contribution in [2.45, 2.75) is 31.6 Å². The van der Waals surface area contributed by atoms with E-state index in [4.69, 9.17) is 0 Å². The summed E-state index contributed by atoms with van der Waals surface area (Å²) in [6.45, 7) is 7.34. The first-order chi connectivity index (χ1) is 22.5. The summed E-state index contributed by atoms with van der Waals surface area (Å²) in [4.78, 5) is 2.55. The Labute approximate surface area is 270 Å². The van der Waals surface area contributed by atoms with Gasteiger partial charge in [0.05, 0.1) is 11.4 Å². The average Bonchev–Trinajstić information content (AvgIpc) is 3.50. The molecule has 0 N–H and O–H groups in total. The molecular weight excluding hydrogens is 555 g/mol. The van der Waals surface area contributed by atoms with E-state index in [2.05, 4.69) is 171 Å². The van der Waals surface area contributed by atoms with E-state index < -0.39 is 0 Å². The molecule has 1 heteroatoms. The van der Waals surface area contributed by atoms with E-state index in [0.717, 1.165) is 0 Å². The largest absolute Gasteiger partial charge is 0.310 e. The molecule has 10 rings (SSSR count). The van der Waals surface area contributed by atoms with Gasteiger partial charge in [-0.2, -0.15) is 0 Å². The molecule has 1 unspecified atom stereocenters. The van der Waals surface area contributed by atoms with Crippen molar-refractivity contribution in [3.05, 3.63) is 173 Å². The Kier molecular flexibility index (Phi) is 4.99. The number of hydrogen-bond donors (Lipinski definition) is 0. The molecule has 0 radical (unpaired) electrons. The third-order valence-corrected chi connectivity index (χ3v) is 11.2. The Bertz CT molecular complexity index is 2420. The molecule has 1 heterocycles. The van der Waals surface area contributed by atoms with Crippen LogP contribution in [0.3, 0.4) is 0 Å². The first-order valence-electron chi connectivity index (χ1n) is 16.4. The molecule has 7 aromatic rings. The molecule has 0 amide bonds. The van der Waals surface area contributed by atoms with E-state index in [1.54, 1.807) is 0 Å². The van der Waals surface area contributed by atoms with Gasteiger partial charge in [0.2, 0.25) is 0 Å². The standard InChI is InChI=1S/C45H33N/c1-44(2)37-22-8-6-18-33(37)36-25-26-40-43(42(36)44)45(3)38-23-9-7-19-34(38)35-21-12-24-39(41(35)45)46(40)30-16-10-15-29(27-30)32-20-11-14-28-13-4-5-17-31(28)32/h4-27H,1-3H3. The molecular formula is C45H33N. The topological polar surface area (TPSA) is 3.24 Å². The minimum absolute atomic E-state index is 0.138. The van der Waals surface area contributed by atoms with E-state index in [-0.39, 0.29) is 10.8 Å². The SMILES string of the molecule is CC1(C)c2ccccc2-c2ccc3c(c21)C1(C)c2ccccc2-c2cccc(c21)N3c1cccc(-c2cccc3ccccc23)c1. The maximum Gasteiger partial charge on any atom is 0.0512 e. The number of nitrogens with zero attached hydrogens (tertiary/aromatic N) is 1. The highest BCUT2D eigenvalue weighted by molar-refractivity contribution is 6.01. The van der Waals surface area contributed by atoms with Gasteiger partial charge < -0.3 is 4.90 Å². The van der Waals surface area contributed by atoms with E-state index in [0.29, 0.717) is 0 Å². The maximum atomic E-state index is 2.55. The quantitative estimate of drug-likeness (QED) is 0.194. The third kappa shape index (κ3) is 3.10. The van der Waals surface area contributed by atoms with Gasteiger partial charge in [0.15, 0.2) is 0 Å². The maximum absolute atomic E-state index is 2.55. The molecule has 0 bridgehead atoms. The van der Waals surface area contributed by atoms with E-state index in [1.165, 1.54) is 89.0 Å². The number of benzene rings is 7. The number of anilines is 3. The summed E-state index contributed by atoms with van der Waals surface area (Å²) < 4.78 is 0. The van der Waals surface area contributed by atoms with Gasteiger partial charge in [0.25, 0.3) is 0 Å². The van der Waals surface area contributed by atoms with Gasteiger partial charge >= 0.3 is 0 Å². The van der Waals surface area contributed by atoms with Crippen molar-refractivity contribution < 1.29 is 0 Å². The second-order valence-electron chi connectivity index (χ2n) is 13.8. The molecule has 0 spiro atoms. The predicted molar refractivity (Wildman–Crippen MR) is 193 cm³/mol. The van der Waals surface area contributed by atoms with Crippen molar-refractivity contribution in [3.63, 3.8) is 0 Å². The molecule has 2 aliphatic carbocycles. The second kappa shape index (κ2) is 8.86. The molecule has 46 heavy (non-hydrogen) atoms. The minimum atomic E-state index is -0.285. The Balaban J connectivity index is 1.30. The molecule has 0 aromatic heterocycles. The Morgan fingerprint density at radius 2 is 1.04 bits per heavy atom. The molecule has 218 valence electrons. The Hall–Kier alpha value is -5.40. The van der Waals surface area contributed by atoms with E-state index >= 15 is 0 Å². The van der Waals surface area contributed by atoms with Crippen molar-refractivity contribution in [1.82, 2.24) is 0 Å². The van der Waals surface area contributed by atoms with Crippen LogP contribution in [0.4, 0.5) is 17.1 Å². The van der Waals surface area contributed by atoms with Crippen LogP contribution < -0.4 is 4.90 Å². The van der Waals surface area contributed by atoms with E-state index in [1.807, 2.05) is 0 Å². The van der Waals surface area contributed by atoms with Gasteiger partial charge in [-0.15, -0.1) is 0 Å². The zero-order valence-corrected chi connectivity index (χ0v) is 26.3. The normalized spacial score (nSPS) is 17.7. The molecule has 0 saturated heterocycles. The van der Waals surface area contributed by atoms with Gasteiger partial charge in [-0.3, -0.25) is 0 Å². The predicted octanol–water partition coefficient (Wildman–Crippen LogP) is 11.9. The molecule has 7 aromatic carbocycles. The minimum Gasteiger partial charge on any atom is -0.310 e. The number of fused-ring (bicyclic) bond motifs is 10. The van der Waals surface area contributed by atoms with Crippen molar-refractivity contribution in [3.8, 4) is 33.4 Å². The van der Waals surface area contributed by atoms with Crippen LogP contribution in [0.15, 0.2) is 146 Å². The zero-order valence-electron chi connectivity index (χ0n) is 26.3. The lowest BCUT2D eigenvalue weighted by Gasteiger charge is -2.45. The highest BCUT2D eigenvalue weighted by Gasteiger charge is 2.52. The van der Waals surface area contributed by atoms with Crippen molar-refractivity contribution in [1.29, 1.82) is 0 Å². The van der Waals surface area contributed by atoms with Crippen LogP contribution in [0.25, 0.3) is 44.2 Å². The lowest BCUT2D eigenvalue weighted by molar-refractivity contribution is 0.615. The zero-order chi connectivity index (χ0) is 30.8. The summed E-state index contributed by atoms with van der Waals surface area (Å²) in [6, 6.07) is 54.4. The van der Waals surface area contributed by atoms with Crippen molar-refractivity contribution in [2.75, 3.05) is 4.90 Å². The second-order valence-corrected chi connectivity index (χ2v) is 13.8. The number of hydrogen-bond acceptors (Lipinski definition) is 1. The lowest BCUT2D eigenvalue weighted by atomic mass is 9.65. The monoisotopic (exact) mass is 587 g/mol. The molecule has 1 atom stereocenters. The van der Waals surface area contributed by atoms with Gasteiger partial charge in [-0.05, 0) is 103 Å². The summed E-state index contributed by atoms with van der Waals surface area (Å²) in [7, 11) is 0. The lowest BCUT2D eigenvalue weighted by Crippen LogP contribution is -2.35. The van der Waals surface area contributed by atoms with E-state index in [9.17, 15) is 0 Å². The molecule has 1 nitrogen and oxygen atoms in total. The highest BCUT2D eigenvalue weighted by Crippen LogP contribution is 2.66. The van der Waals surface area contributed by atoms with Crippen LogP contribution in [0.5, 0.6) is 0 Å². The molecule has 1 aliphatic heterocycles. The van der Waals surface area contributed by atoms with Crippen molar-refractivity contribution in [2.24, 2.45) is 0 Å². The smallest absolute Gasteiger partial charge is 0.0512 e. The molecule has 0 fully saturated rings. The molecule has 3 aliphatic rings. The average molecular weight is 588 g/mol. The van der Waals surface area contributed by atoms with Crippen LogP contribution in [0.1, 0.15) is 48.6 Å². The van der Waals surface area contributed by atoms with Crippen molar-refractivity contribution >= 4 is 27.8 Å². The first-order valence-corrected chi connectivity index (χ1v) is 16.4. The van der Waals surface area contributed by atoms with Gasteiger partial charge in [-0.1, -0.05) is 135 Å². The van der Waals surface area contributed by atoms with Gasteiger partial charge in [-0.25, -0.2) is 0 Å². The summed E-state index contributed by atoms with van der Waals surface area (Å²) >= 11 is 0. The first kappa shape index (κ1) is 25.9. The summed E-state index contributed by atoms with van der Waals surface area (Å²) in [6.07, 6.45) is 0. The fourth-order valence-corrected chi connectivity index (χ4v) is 9.28. The Morgan fingerprint density at radius 3 is 1.91 bits per heavy atom.